The molecule has 0 fully saturated rings. The molecule has 0 spiro atoms. The van der Waals surface area contributed by atoms with Gasteiger partial charge in [-0.25, -0.2) is 9.98 Å². The van der Waals surface area contributed by atoms with Gasteiger partial charge in [-0.1, -0.05) is 23.8 Å². The number of hydrogen-bond acceptors (Lipinski definition) is 5. The smallest absolute Gasteiger partial charge is 0.162 e. The molecule has 0 saturated heterocycles. The van der Waals surface area contributed by atoms with Crippen molar-refractivity contribution in [1.82, 2.24) is 9.88 Å². The number of carbonyl (C=O) groups is 1. The Hall–Kier alpha value is -2.18. The number of halogens is 1. The van der Waals surface area contributed by atoms with E-state index in [0.29, 0.717) is 10.6 Å². The lowest BCUT2D eigenvalue weighted by Crippen LogP contribution is -2.09. The van der Waals surface area contributed by atoms with Crippen LogP contribution in [0.5, 0.6) is 0 Å². The van der Waals surface area contributed by atoms with E-state index in [1.165, 1.54) is 11.3 Å². The molecular weight excluding hydrogens is 368 g/mol. The van der Waals surface area contributed by atoms with E-state index < -0.39 is 0 Å². The molecule has 0 aliphatic heterocycles. The fourth-order valence-corrected chi connectivity index (χ4v) is 2.94. The molecule has 0 aromatic carbocycles. The Morgan fingerprint density at radius 1 is 1.31 bits per heavy atom. The fourth-order valence-electron chi connectivity index (χ4n) is 2.01. The van der Waals surface area contributed by atoms with Crippen molar-refractivity contribution in [3.05, 3.63) is 40.5 Å². The van der Waals surface area contributed by atoms with Crippen molar-refractivity contribution < 1.29 is 4.79 Å². The topological polar surface area (TPSA) is 48.8 Å². The van der Waals surface area contributed by atoms with Crippen LogP contribution in [-0.2, 0) is 0 Å². The lowest BCUT2D eigenvalue weighted by atomic mass is 10.2. The number of anilines is 1. The first-order valence-corrected chi connectivity index (χ1v) is 9.26. The van der Waals surface area contributed by atoms with Crippen LogP contribution >= 0.6 is 22.9 Å². The highest BCUT2D eigenvalue weighted by Gasteiger charge is 2.16. The number of thiophene rings is 1. The molecule has 2 rings (SSSR count). The minimum Gasteiger partial charge on any atom is -0.377 e. The Kier molecular flexibility index (Phi) is 9.02. The van der Waals surface area contributed by atoms with E-state index >= 15 is 0 Å². The molecule has 2 aromatic heterocycles. The molecule has 0 aliphatic carbocycles. The molecule has 0 aliphatic rings. The van der Waals surface area contributed by atoms with E-state index in [2.05, 4.69) is 9.98 Å². The number of pyridine rings is 1. The first-order valence-electron chi connectivity index (χ1n) is 8.07. The summed E-state index contributed by atoms with van der Waals surface area (Å²) in [6, 6.07) is 1.93. The van der Waals surface area contributed by atoms with Gasteiger partial charge >= 0.3 is 0 Å². The molecular formula is C19H25ClN4OS. The number of rotatable bonds is 5. The van der Waals surface area contributed by atoms with Crippen molar-refractivity contribution in [2.24, 2.45) is 4.99 Å². The maximum atomic E-state index is 11.3. The third kappa shape index (κ3) is 5.97. The third-order valence-corrected chi connectivity index (χ3v) is 4.54. The van der Waals surface area contributed by atoms with Gasteiger partial charge in [-0.05, 0) is 26.8 Å². The minimum atomic E-state index is 0.594. The molecule has 140 valence electrons. The van der Waals surface area contributed by atoms with Gasteiger partial charge in [-0.15, -0.1) is 11.3 Å². The summed E-state index contributed by atoms with van der Waals surface area (Å²) < 4.78 is 0. The van der Waals surface area contributed by atoms with Gasteiger partial charge in [0.25, 0.3) is 0 Å². The average molecular weight is 393 g/mol. The monoisotopic (exact) mass is 392 g/mol. The van der Waals surface area contributed by atoms with Gasteiger partial charge in [0.1, 0.15) is 4.83 Å². The molecule has 0 saturated carbocycles. The summed E-state index contributed by atoms with van der Waals surface area (Å²) in [6.45, 7) is 5.69. The molecule has 2 heterocycles. The van der Waals surface area contributed by atoms with Gasteiger partial charge in [0, 0.05) is 38.6 Å². The number of nitrogens with zero attached hydrogens (tertiary/aromatic N) is 4. The van der Waals surface area contributed by atoms with Gasteiger partial charge in [0.05, 0.1) is 28.0 Å². The lowest BCUT2D eigenvalue weighted by Gasteiger charge is -2.13. The molecule has 0 atom stereocenters. The lowest BCUT2D eigenvalue weighted by molar-refractivity contribution is 0.112. The number of allylic oxidation sites excluding steroid dienone is 3. The van der Waals surface area contributed by atoms with Crippen LogP contribution < -0.4 is 4.90 Å². The van der Waals surface area contributed by atoms with Crippen LogP contribution in [-0.4, -0.2) is 43.7 Å². The van der Waals surface area contributed by atoms with Crippen LogP contribution in [0.4, 0.5) is 11.4 Å². The fraction of sp³-hybridized carbons (Fsp3) is 0.316. The van der Waals surface area contributed by atoms with Crippen LogP contribution in [0.2, 0.25) is 0 Å². The Morgan fingerprint density at radius 3 is 2.46 bits per heavy atom. The summed E-state index contributed by atoms with van der Waals surface area (Å²) in [5.41, 5.74) is 1.68. The van der Waals surface area contributed by atoms with Crippen molar-refractivity contribution in [2.75, 3.05) is 26.0 Å². The van der Waals surface area contributed by atoms with E-state index in [1.807, 2.05) is 76.1 Å². The quantitative estimate of drug-likeness (QED) is 0.385. The molecule has 0 bridgehead atoms. The highest BCUT2D eigenvalue weighted by atomic mass is 35.5. The second kappa shape index (κ2) is 10.7. The van der Waals surface area contributed by atoms with Crippen LogP contribution in [0.15, 0.2) is 40.6 Å². The largest absolute Gasteiger partial charge is 0.377 e. The summed E-state index contributed by atoms with van der Waals surface area (Å²) in [4.78, 5) is 25.4. The SMILES string of the molecule is C/C=C(\C)Cl.C/C=C/N(C)C=Nc1c(C=O)sc2nccc(N(C)C)c12. The Balaban J connectivity index is 0.000000597. The van der Waals surface area contributed by atoms with E-state index in [4.69, 9.17) is 11.6 Å². The van der Waals surface area contributed by atoms with E-state index in [1.54, 1.807) is 12.5 Å². The predicted octanol–water partition coefficient (Wildman–Crippen LogP) is 5.45. The third-order valence-electron chi connectivity index (χ3n) is 3.31. The molecule has 7 heteroatoms. The number of aromatic nitrogens is 1. The molecule has 26 heavy (non-hydrogen) atoms. The summed E-state index contributed by atoms with van der Waals surface area (Å²) >= 11 is 6.69. The van der Waals surface area contributed by atoms with Gasteiger partial charge in [-0.3, -0.25) is 4.79 Å². The number of carbonyl (C=O) groups excluding carboxylic acids is 1. The van der Waals surface area contributed by atoms with E-state index in [9.17, 15) is 4.79 Å². The Labute approximate surface area is 164 Å². The first-order chi connectivity index (χ1) is 12.3. The van der Waals surface area contributed by atoms with E-state index in [-0.39, 0.29) is 0 Å². The summed E-state index contributed by atoms with van der Waals surface area (Å²) in [5, 5.41) is 1.77. The standard InChI is InChI=1S/C15H18N4OS.C4H7Cl/c1-5-8-19(4)10-17-14-12(9-20)21-15-13(14)11(18(2)3)6-7-16-15;1-3-4(2)5/h5-10H,1-4H3;3H,1-2H3/b8-5+,17-10?;4-3+. The number of fused-ring (bicyclic) bond motifs is 1. The zero-order valence-corrected chi connectivity index (χ0v) is 17.6. The number of aldehydes is 1. The summed E-state index contributed by atoms with van der Waals surface area (Å²) in [6.07, 6.45) is 9.95. The summed E-state index contributed by atoms with van der Waals surface area (Å²) in [5.74, 6) is 0. The zero-order valence-electron chi connectivity index (χ0n) is 16.0. The normalized spacial score (nSPS) is 11.7. The van der Waals surface area contributed by atoms with Gasteiger partial charge in [0.15, 0.2) is 6.29 Å². The number of hydrogen-bond donors (Lipinski definition) is 0. The van der Waals surface area contributed by atoms with Crippen molar-refractivity contribution >= 4 is 57.2 Å². The van der Waals surface area contributed by atoms with Gasteiger partial charge in [0.2, 0.25) is 0 Å². The maximum absolute atomic E-state index is 11.3. The highest BCUT2D eigenvalue weighted by Crippen LogP contribution is 2.40. The van der Waals surface area contributed by atoms with Crippen molar-refractivity contribution in [3.63, 3.8) is 0 Å². The van der Waals surface area contributed by atoms with Crippen molar-refractivity contribution in [1.29, 1.82) is 0 Å². The zero-order chi connectivity index (χ0) is 19.7. The van der Waals surface area contributed by atoms with Crippen molar-refractivity contribution in [2.45, 2.75) is 20.8 Å². The van der Waals surface area contributed by atoms with Crippen LogP contribution in [0.1, 0.15) is 30.4 Å². The molecule has 0 radical (unpaired) electrons. The second-order valence-electron chi connectivity index (χ2n) is 5.61. The Bertz CT molecular complexity index is 820. The summed E-state index contributed by atoms with van der Waals surface area (Å²) in [7, 11) is 5.82. The van der Waals surface area contributed by atoms with Gasteiger partial charge in [-0.2, -0.15) is 0 Å². The van der Waals surface area contributed by atoms with Crippen molar-refractivity contribution in [3.8, 4) is 0 Å². The highest BCUT2D eigenvalue weighted by molar-refractivity contribution is 7.21. The van der Waals surface area contributed by atoms with Crippen LogP contribution in [0, 0.1) is 0 Å². The average Bonchev–Trinajstić information content (AvgIpc) is 2.98. The molecule has 2 aromatic rings. The Morgan fingerprint density at radius 2 is 1.96 bits per heavy atom. The molecule has 0 N–H and O–H groups in total. The van der Waals surface area contributed by atoms with E-state index in [0.717, 1.165) is 27.2 Å². The van der Waals surface area contributed by atoms with Crippen LogP contribution in [0.3, 0.4) is 0 Å². The van der Waals surface area contributed by atoms with Crippen LogP contribution in [0.25, 0.3) is 10.2 Å². The molecule has 5 nitrogen and oxygen atoms in total. The first kappa shape index (κ1) is 21.9. The van der Waals surface area contributed by atoms with Gasteiger partial charge < -0.3 is 9.80 Å². The molecule has 0 amide bonds. The second-order valence-corrected chi connectivity index (χ2v) is 7.23. The number of aliphatic imine (C=N–C) groups is 1. The predicted molar refractivity (Wildman–Crippen MR) is 115 cm³/mol. The molecule has 0 unspecified atom stereocenters. The minimum absolute atomic E-state index is 0.594. The maximum Gasteiger partial charge on any atom is 0.162 e.